The Bertz CT molecular complexity index is 811. The van der Waals surface area contributed by atoms with Crippen LogP contribution in [-0.4, -0.2) is 15.9 Å². The molecule has 3 rings (SSSR count). The second-order valence-electron chi connectivity index (χ2n) is 4.66. The van der Waals surface area contributed by atoms with E-state index in [9.17, 15) is 9.18 Å². The number of nitrogens with one attached hydrogen (secondary N) is 1. The second-order valence-corrected chi connectivity index (χ2v) is 4.66. The molecular weight excluding hydrogens is 297 g/mol. The molecule has 0 unspecified atom stereocenters. The van der Waals surface area contributed by atoms with Crippen LogP contribution in [-0.2, 0) is 0 Å². The average Bonchev–Trinajstić information content (AvgIpc) is 2.56. The van der Waals surface area contributed by atoms with Crippen molar-refractivity contribution >= 4 is 11.6 Å². The van der Waals surface area contributed by atoms with Crippen LogP contribution >= 0.6 is 0 Å². The SMILES string of the molecule is O=C(Nc1cc(F)cc(Oc2cccnc2)c1)c1cccnc1. The Kier molecular flexibility index (Phi) is 4.24. The first-order valence-corrected chi connectivity index (χ1v) is 6.80. The molecule has 0 atom stereocenters. The van der Waals surface area contributed by atoms with Gasteiger partial charge in [-0.15, -0.1) is 0 Å². The molecular formula is C17H12FN3O2. The maximum atomic E-state index is 13.7. The van der Waals surface area contributed by atoms with Gasteiger partial charge in [0.25, 0.3) is 5.91 Å². The molecule has 3 aromatic rings. The molecule has 2 heterocycles. The van der Waals surface area contributed by atoms with Crippen molar-refractivity contribution in [3.8, 4) is 11.5 Å². The third-order valence-corrected chi connectivity index (χ3v) is 2.92. The molecule has 1 amide bonds. The van der Waals surface area contributed by atoms with Crippen molar-refractivity contribution in [2.24, 2.45) is 0 Å². The van der Waals surface area contributed by atoms with Gasteiger partial charge in [-0.1, -0.05) is 0 Å². The molecule has 0 spiro atoms. The van der Waals surface area contributed by atoms with Crippen LogP contribution in [0.2, 0.25) is 0 Å². The molecule has 114 valence electrons. The van der Waals surface area contributed by atoms with Crippen molar-refractivity contribution in [1.29, 1.82) is 0 Å². The summed E-state index contributed by atoms with van der Waals surface area (Å²) in [6.07, 6.45) is 6.12. The van der Waals surface area contributed by atoms with Crippen molar-refractivity contribution in [1.82, 2.24) is 9.97 Å². The summed E-state index contributed by atoms with van der Waals surface area (Å²) in [6, 6.07) is 10.7. The molecule has 0 aliphatic rings. The fraction of sp³-hybridized carbons (Fsp3) is 0. The van der Waals surface area contributed by atoms with Gasteiger partial charge >= 0.3 is 0 Å². The molecule has 0 fully saturated rings. The largest absolute Gasteiger partial charge is 0.456 e. The van der Waals surface area contributed by atoms with E-state index in [0.29, 0.717) is 11.3 Å². The van der Waals surface area contributed by atoms with Crippen LogP contribution in [0.5, 0.6) is 11.5 Å². The van der Waals surface area contributed by atoms with E-state index >= 15 is 0 Å². The Morgan fingerprint density at radius 2 is 1.78 bits per heavy atom. The third-order valence-electron chi connectivity index (χ3n) is 2.92. The second kappa shape index (κ2) is 6.65. The quantitative estimate of drug-likeness (QED) is 0.799. The predicted octanol–water partition coefficient (Wildman–Crippen LogP) is 3.66. The molecule has 0 saturated carbocycles. The Morgan fingerprint density at radius 1 is 1.00 bits per heavy atom. The zero-order valence-corrected chi connectivity index (χ0v) is 11.9. The summed E-state index contributed by atoms with van der Waals surface area (Å²) in [4.78, 5) is 19.9. The molecule has 0 aliphatic carbocycles. The molecule has 0 aliphatic heterocycles. The first-order valence-electron chi connectivity index (χ1n) is 6.80. The number of aromatic nitrogens is 2. The van der Waals surface area contributed by atoms with Crippen molar-refractivity contribution < 1.29 is 13.9 Å². The summed E-state index contributed by atoms with van der Waals surface area (Å²) in [5.41, 5.74) is 0.671. The number of rotatable bonds is 4. The van der Waals surface area contributed by atoms with E-state index in [1.165, 1.54) is 30.6 Å². The fourth-order valence-electron chi connectivity index (χ4n) is 1.94. The molecule has 0 bridgehead atoms. The number of benzene rings is 1. The highest BCUT2D eigenvalue weighted by Crippen LogP contribution is 2.25. The lowest BCUT2D eigenvalue weighted by Gasteiger charge is -2.09. The molecule has 6 heteroatoms. The first-order chi connectivity index (χ1) is 11.2. The molecule has 2 aromatic heterocycles. The van der Waals surface area contributed by atoms with E-state index in [-0.39, 0.29) is 17.3 Å². The van der Waals surface area contributed by atoms with Gasteiger partial charge in [0, 0.05) is 36.4 Å². The maximum absolute atomic E-state index is 13.7. The van der Waals surface area contributed by atoms with E-state index < -0.39 is 5.82 Å². The summed E-state index contributed by atoms with van der Waals surface area (Å²) >= 11 is 0. The minimum atomic E-state index is -0.520. The zero-order valence-electron chi connectivity index (χ0n) is 11.9. The van der Waals surface area contributed by atoms with Gasteiger partial charge in [-0.25, -0.2) is 4.39 Å². The number of hydrogen-bond acceptors (Lipinski definition) is 4. The lowest BCUT2D eigenvalue weighted by molar-refractivity contribution is 0.102. The van der Waals surface area contributed by atoms with Crippen LogP contribution in [0, 0.1) is 5.82 Å². The minimum absolute atomic E-state index is 0.263. The Balaban J connectivity index is 1.79. The van der Waals surface area contributed by atoms with Crippen LogP contribution < -0.4 is 10.1 Å². The number of carbonyl (C=O) groups is 1. The summed E-state index contributed by atoms with van der Waals surface area (Å²) in [5, 5.41) is 2.61. The third kappa shape index (κ3) is 3.88. The van der Waals surface area contributed by atoms with E-state index in [1.54, 1.807) is 36.7 Å². The summed E-state index contributed by atoms with van der Waals surface area (Å²) < 4.78 is 19.2. The van der Waals surface area contributed by atoms with Crippen molar-refractivity contribution in [3.63, 3.8) is 0 Å². The van der Waals surface area contributed by atoms with Gasteiger partial charge in [-0.2, -0.15) is 0 Å². The lowest BCUT2D eigenvalue weighted by atomic mass is 10.2. The number of halogens is 1. The average molecular weight is 309 g/mol. The molecule has 1 N–H and O–H groups in total. The van der Waals surface area contributed by atoms with Crippen molar-refractivity contribution in [3.05, 3.63) is 78.6 Å². The molecule has 5 nitrogen and oxygen atoms in total. The van der Waals surface area contributed by atoms with Crippen molar-refractivity contribution in [2.45, 2.75) is 0 Å². The molecule has 0 radical (unpaired) electrons. The van der Waals surface area contributed by atoms with E-state index in [1.807, 2.05) is 0 Å². The van der Waals surface area contributed by atoms with Crippen LogP contribution in [0.4, 0.5) is 10.1 Å². The van der Waals surface area contributed by atoms with Gasteiger partial charge in [0.1, 0.15) is 17.3 Å². The number of pyridine rings is 2. The normalized spacial score (nSPS) is 10.1. The molecule has 0 saturated heterocycles. The standard InChI is InChI=1S/C17H12FN3O2/c18-13-7-14(21-17(22)12-3-1-5-19-10-12)9-16(8-13)23-15-4-2-6-20-11-15/h1-11H,(H,21,22). The molecule has 1 aromatic carbocycles. The highest BCUT2D eigenvalue weighted by molar-refractivity contribution is 6.04. The zero-order chi connectivity index (χ0) is 16.1. The van der Waals surface area contributed by atoms with Gasteiger partial charge in [0.2, 0.25) is 0 Å². The molecule has 23 heavy (non-hydrogen) atoms. The lowest BCUT2D eigenvalue weighted by Crippen LogP contribution is -2.12. The highest BCUT2D eigenvalue weighted by Gasteiger charge is 2.09. The first kappa shape index (κ1) is 14.6. The Morgan fingerprint density at radius 3 is 2.48 bits per heavy atom. The summed E-state index contributed by atoms with van der Waals surface area (Å²) in [5.74, 6) is -0.161. The fourth-order valence-corrected chi connectivity index (χ4v) is 1.94. The Hall–Kier alpha value is -3.28. The van der Waals surface area contributed by atoms with E-state index in [0.717, 1.165) is 0 Å². The number of nitrogens with zero attached hydrogens (tertiary/aromatic N) is 2. The monoisotopic (exact) mass is 309 g/mol. The Labute approximate surface area is 131 Å². The number of ether oxygens (including phenoxy) is 1. The highest BCUT2D eigenvalue weighted by atomic mass is 19.1. The van der Waals surface area contributed by atoms with Gasteiger partial charge < -0.3 is 10.1 Å². The maximum Gasteiger partial charge on any atom is 0.257 e. The van der Waals surface area contributed by atoms with Gasteiger partial charge in [0.15, 0.2) is 0 Å². The van der Waals surface area contributed by atoms with Crippen LogP contribution in [0.15, 0.2) is 67.3 Å². The summed E-state index contributed by atoms with van der Waals surface area (Å²) in [7, 11) is 0. The summed E-state index contributed by atoms with van der Waals surface area (Å²) in [6.45, 7) is 0. The van der Waals surface area contributed by atoms with Crippen LogP contribution in [0.3, 0.4) is 0 Å². The number of amides is 1. The van der Waals surface area contributed by atoms with Gasteiger partial charge in [-0.3, -0.25) is 14.8 Å². The van der Waals surface area contributed by atoms with E-state index in [2.05, 4.69) is 15.3 Å². The number of hydrogen-bond donors (Lipinski definition) is 1. The van der Waals surface area contributed by atoms with Crippen LogP contribution in [0.1, 0.15) is 10.4 Å². The van der Waals surface area contributed by atoms with Crippen LogP contribution in [0.25, 0.3) is 0 Å². The smallest absolute Gasteiger partial charge is 0.257 e. The topological polar surface area (TPSA) is 64.1 Å². The van der Waals surface area contributed by atoms with Gasteiger partial charge in [-0.05, 0) is 30.3 Å². The minimum Gasteiger partial charge on any atom is -0.456 e. The van der Waals surface area contributed by atoms with E-state index in [4.69, 9.17) is 4.74 Å². The van der Waals surface area contributed by atoms with Gasteiger partial charge in [0.05, 0.1) is 11.8 Å². The number of carbonyl (C=O) groups excluding carboxylic acids is 1. The van der Waals surface area contributed by atoms with Crippen molar-refractivity contribution in [2.75, 3.05) is 5.32 Å². The number of anilines is 1. The predicted molar refractivity (Wildman–Crippen MR) is 82.9 cm³/mol.